The van der Waals surface area contributed by atoms with Crippen molar-refractivity contribution in [1.29, 1.82) is 0 Å². The monoisotopic (exact) mass is 419 g/mol. The van der Waals surface area contributed by atoms with Crippen LogP contribution in [0.4, 0.5) is 0 Å². The van der Waals surface area contributed by atoms with Crippen molar-refractivity contribution in [2.45, 2.75) is 33.6 Å². The van der Waals surface area contributed by atoms with Gasteiger partial charge in [-0.15, -0.1) is 16.4 Å². The minimum atomic E-state index is 0.692. The SMILES string of the molecule is CCn1c(-c2cccs2)nn(C[NH+](C)Cc2cc(OC)c(OC)cc2C)c1=S. The molecule has 0 amide bonds. The molecule has 1 aromatic carbocycles. The van der Waals surface area contributed by atoms with Crippen molar-refractivity contribution >= 4 is 23.6 Å². The van der Waals surface area contributed by atoms with Gasteiger partial charge in [0.2, 0.25) is 4.77 Å². The lowest BCUT2D eigenvalue weighted by Gasteiger charge is -2.17. The number of nitrogens with zero attached hydrogens (tertiary/aromatic N) is 3. The second kappa shape index (κ2) is 8.89. The Kier molecular flexibility index (Phi) is 6.53. The zero-order valence-corrected chi connectivity index (χ0v) is 18.6. The fourth-order valence-electron chi connectivity index (χ4n) is 3.27. The van der Waals surface area contributed by atoms with Gasteiger partial charge in [0.25, 0.3) is 0 Å². The van der Waals surface area contributed by atoms with Gasteiger partial charge in [-0.25, -0.2) is 0 Å². The minimum absolute atomic E-state index is 0.692. The highest BCUT2D eigenvalue weighted by Gasteiger charge is 2.17. The molecular weight excluding hydrogens is 392 g/mol. The third kappa shape index (κ3) is 4.14. The fraction of sp³-hybridized carbons (Fsp3) is 0.400. The molecule has 8 heteroatoms. The van der Waals surface area contributed by atoms with Gasteiger partial charge >= 0.3 is 0 Å². The van der Waals surface area contributed by atoms with Crippen molar-refractivity contribution in [2.24, 2.45) is 0 Å². The normalized spacial score (nSPS) is 12.2. The van der Waals surface area contributed by atoms with Crippen molar-refractivity contribution in [3.05, 3.63) is 45.5 Å². The summed E-state index contributed by atoms with van der Waals surface area (Å²) in [6, 6.07) is 8.20. The summed E-state index contributed by atoms with van der Waals surface area (Å²) in [4.78, 5) is 2.42. The molecule has 6 nitrogen and oxygen atoms in total. The molecule has 0 aliphatic rings. The Labute approximate surface area is 174 Å². The van der Waals surface area contributed by atoms with Crippen molar-refractivity contribution in [3.8, 4) is 22.2 Å². The predicted octanol–water partition coefficient (Wildman–Crippen LogP) is 3.16. The predicted molar refractivity (Wildman–Crippen MR) is 115 cm³/mol. The molecule has 0 aliphatic carbocycles. The summed E-state index contributed by atoms with van der Waals surface area (Å²) in [5.41, 5.74) is 2.40. The zero-order valence-electron chi connectivity index (χ0n) is 17.0. The van der Waals surface area contributed by atoms with Crippen LogP contribution < -0.4 is 14.4 Å². The van der Waals surface area contributed by atoms with Crippen LogP contribution in [0.25, 0.3) is 10.7 Å². The number of aryl methyl sites for hydroxylation is 1. The summed E-state index contributed by atoms with van der Waals surface area (Å²) < 4.78 is 15.6. The lowest BCUT2D eigenvalue weighted by atomic mass is 10.1. The number of nitrogens with one attached hydrogen (secondary N) is 1. The van der Waals surface area contributed by atoms with Gasteiger partial charge in [-0.05, 0) is 55.2 Å². The molecule has 1 unspecified atom stereocenters. The van der Waals surface area contributed by atoms with E-state index in [-0.39, 0.29) is 0 Å². The van der Waals surface area contributed by atoms with E-state index in [1.165, 1.54) is 16.0 Å². The maximum atomic E-state index is 5.69. The van der Waals surface area contributed by atoms with Crippen LogP contribution >= 0.6 is 23.6 Å². The summed E-state index contributed by atoms with van der Waals surface area (Å²) >= 11 is 7.37. The molecule has 3 rings (SSSR count). The number of quaternary nitrogens is 1. The van der Waals surface area contributed by atoms with Crippen LogP contribution in [-0.2, 0) is 19.8 Å². The number of benzene rings is 1. The van der Waals surface area contributed by atoms with Crippen LogP contribution in [0.15, 0.2) is 29.6 Å². The molecule has 0 bridgehead atoms. The van der Waals surface area contributed by atoms with Crippen LogP contribution in [0, 0.1) is 11.7 Å². The van der Waals surface area contributed by atoms with Crippen LogP contribution in [0.5, 0.6) is 11.5 Å². The number of thiophene rings is 1. The number of ether oxygens (including phenoxy) is 2. The van der Waals surface area contributed by atoms with E-state index in [0.717, 1.165) is 40.1 Å². The van der Waals surface area contributed by atoms with Gasteiger partial charge in [-0.3, -0.25) is 4.57 Å². The van der Waals surface area contributed by atoms with E-state index in [1.54, 1.807) is 25.6 Å². The Morgan fingerprint density at radius 2 is 1.93 bits per heavy atom. The Morgan fingerprint density at radius 3 is 2.54 bits per heavy atom. The largest absolute Gasteiger partial charge is 0.493 e. The number of methoxy groups -OCH3 is 2. The lowest BCUT2D eigenvalue weighted by Crippen LogP contribution is -3.07. The summed E-state index contributed by atoms with van der Waals surface area (Å²) in [5.74, 6) is 2.45. The van der Waals surface area contributed by atoms with Crippen LogP contribution in [0.1, 0.15) is 18.1 Å². The van der Waals surface area contributed by atoms with Crippen LogP contribution in [0.3, 0.4) is 0 Å². The Hall–Kier alpha value is -2.16. The Balaban J connectivity index is 1.83. The number of aromatic nitrogens is 3. The number of rotatable bonds is 8. The molecule has 2 heterocycles. The molecule has 0 saturated heterocycles. The van der Waals surface area contributed by atoms with Crippen molar-refractivity contribution in [1.82, 2.24) is 14.3 Å². The van der Waals surface area contributed by atoms with Gasteiger partial charge < -0.3 is 14.4 Å². The Morgan fingerprint density at radius 1 is 1.21 bits per heavy atom. The van der Waals surface area contributed by atoms with Gasteiger partial charge in [0.1, 0.15) is 6.54 Å². The molecule has 0 fully saturated rings. The average Bonchev–Trinajstić information content (AvgIpc) is 3.31. The topological polar surface area (TPSA) is 45.7 Å². The van der Waals surface area contributed by atoms with E-state index in [0.29, 0.717) is 6.67 Å². The van der Waals surface area contributed by atoms with E-state index in [9.17, 15) is 0 Å². The van der Waals surface area contributed by atoms with Gasteiger partial charge in [0.15, 0.2) is 24.0 Å². The molecule has 150 valence electrons. The van der Waals surface area contributed by atoms with Gasteiger partial charge in [0, 0.05) is 12.1 Å². The first-order valence-corrected chi connectivity index (χ1v) is 10.5. The average molecular weight is 420 g/mol. The van der Waals surface area contributed by atoms with E-state index in [1.807, 2.05) is 16.8 Å². The molecule has 2 aromatic heterocycles. The molecule has 0 radical (unpaired) electrons. The molecule has 3 aromatic rings. The summed E-state index contributed by atoms with van der Waals surface area (Å²) in [5, 5.41) is 6.87. The highest BCUT2D eigenvalue weighted by molar-refractivity contribution is 7.71. The van der Waals surface area contributed by atoms with E-state index < -0.39 is 0 Å². The summed E-state index contributed by atoms with van der Waals surface area (Å²) in [6.45, 7) is 6.53. The standard InChI is InChI=1S/C20H26N4O2S2/c1-6-23-19(18-8-7-9-28-18)21-24(20(23)27)13-22(3)12-15-11-17(26-5)16(25-4)10-14(15)2/h7-11H,6,12-13H2,1-5H3/p+1. The zero-order chi connectivity index (χ0) is 20.3. The van der Waals surface area contributed by atoms with Crippen molar-refractivity contribution in [2.75, 3.05) is 21.3 Å². The number of hydrogen-bond acceptors (Lipinski definition) is 5. The molecular formula is C20H27N4O2S2+. The van der Waals surface area contributed by atoms with Crippen molar-refractivity contribution < 1.29 is 14.4 Å². The van der Waals surface area contributed by atoms with E-state index in [2.05, 4.69) is 43.0 Å². The first-order valence-electron chi connectivity index (χ1n) is 9.22. The van der Waals surface area contributed by atoms with Gasteiger partial charge in [-0.2, -0.15) is 4.68 Å². The summed E-state index contributed by atoms with van der Waals surface area (Å²) in [6.07, 6.45) is 0. The Bertz CT molecular complexity index is 993. The van der Waals surface area contributed by atoms with E-state index in [4.69, 9.17) is 26.8 Å². The molecule has 0 aliphatic heterocycles. The second-order valence-electron chi connectivity index (χ2n) is 6.75. The summed E-state index contributed by atoms with van der Waals surface area (Å²) in [7, 11) is 5.47. The quantitative estimate of drug-likeness (QED) is 0.570. The second-order valence-corrected chi connectivity index (χ2v) is 8.07. The molecule has 28 heavy (non-hydrogen) atoms. The first kappa shape index (κ1) is 20.6. The van der Waals surface area contributed by atoms with Crippen LogP contribution in [0.2, 0.25) is 0 Å². The molecule has 1 N–H and O–H groups in total. The first-order chi connectivity index (χ1) is 13.5. The fourth-order valence-corrected chi connectivity index (χ4v) is 4.31. The van der Waals surface area contributed by atoms with Gasteiger partial charge in [-0.1, -0.05) is 6.07 Å². The maximum absolute atomic E-state index is 5.69. The highest BCUT2D eigenvalue weighted by Crippen LogP contribution is 2.30. The van der Waals surface area contributed by atoms with Gasteiger partial charge in [0.05, 0.1) is 26.1 Å². The molecule has 1 atom stereocenters. The van der Waals surface area contributed by atoms with Crippen LogP contribution in [-0.4, -0.2) is 35.6 Å². The maximum Gasteiger partial charge on any atom is 0.203 e. The lowest BCUT2D eigenvalue weighted by molar-refractivity contribution is -0.917. The number of hydrogen-bond donors (Lipinski definition) is 1. The molecule has 0 spiro atoms. The smallest absolute Gasteiger partial charge is 0.203 e. The third-order valence-electron chi connectivity index (χ3n) is 4.73. The minimum Gasteiger partial charge on any atom is -0.493 e. The third-order valence-corrected chi connectivity index (χ3v) is 6.03. The molecule has 0 saturated carbocycles. The van der Waals surface area contributed by atoms with E-state index >= 15 is 0 Å². The highest BCUT2D eigenvalue weighted by atomic mass is 32.1. The van der Waals surface area contributed by atoms with Crippen molar-refractivity contribution in [3.63, 3.8) is 0 Å².